The number of hydrogen-bond donors (Lipinski definition) is 1. The van der Waals surface area contributed by atoms with Crippen LogP contribution in [0.4, 0.5) is 4.79 Å². The Balaban J connectivity index is 1.45. The van der Waals surface area contributed by atoms with E-state index in [1.54, 1.807) is 17.6 Å². The standard InChI is InChI=1S/C17H20N4O2S/c22-16(18-11-13-12-20-8-10-24-17(20)19-13)21-7-3-1-2-5-14(21)15-6-4-9-23-15/h4,6,8-10,12,14H,1-3,5,7,11H2,(H,18,22)/t14-/m1/s1. The molecule has 0 saturated carbocycles. The van der Waals surface area contributed by atoms with Gasteiger partial charge in [-0.05, 0) is 25.0 Å². The SMILES string of the molecule is O=C(NCc1cn2ccsc2n1)N1CCCCC[C@@H]1c1ccco1. The highest BCUT2D eigenvalue weighted by molar-refractivity contribution is 7.15. The highest BCUT2D eigenvalue weighted by atomic mass is 32.1. The fourth-order valence-corrected chi connectivity index (χ4v) is 3.98. The molecular formula is C17H20N4O2S. The van der Waals surface area contributed by atoms with Crippen LogP contribution in [-0.4, -0.2) is 26.9 Å². The number of fused-ring (bicyclic) bond motifs is 1. The van der Waals surface area contributed by atoms with E-state index in [0.717, 1.165) is 48.6 Å². The Labute approximate surface area is 144 Å². The molecule has 3 aromatic rings. The van der Waals surface area contributed by atoms with E-state index in [-0.39, 0.29) is 12.1 Å². The lowest BCUT2D eigenvalue weighted by Gasteiger charge is -2.28. The smallest absolute Gasteiger partial charge is 0.318 e. The molecule has 0 bridgehead atoms. The first-order chi connectivity index (χ1) is 11.8. The summed E-state index contributed by atoms with van der Waals surface area (Å²) < 4.78 is 7.54. The number of aromatic nitrogens is 2. The Morgan fingerprint density at radius 1 is 1.42 bits per heavy atom. The van der Waals surface area contributed by atoms with Gasteiger partial charge in [0.15, 0.2) is 4.96 Å². The minimum atomic E-state index is -0.0466. The van der Waals surface area contributed by atoms with Crippen molar-refractivity contribution >= 4 is 22.3 Å². The van der Waals surface area contributed by atoms with Crippen LogP contribution in [0.25, 0.3) is 4.96 Å². The van der Waals surface area contributed by atoms with Crippen molar-refractivity contribution in [3.8, 4) is 0 Å². The number of rotatable bonds is 3. The molecule has 0 unspecified atom stereocenters. The normalized spacial score (nSPS) is 18.7. The Bertz CT molecular complexity index is 779. The third kappa shape index (κ3) is 3.03. The Morgan fingerprint density at radius 2 is 2.38 bits per heavy atom. The summed E-state index contributed by atoms with van der Waals surface area (Å²) in [5.41, 5.74) is 0.875. The number of nitrogens with one attached hydrogen (secondary N) is 1. The molecule has 0 aliphatic carbocycles. The van der Waals surface area contributed by atoms with E-state index in [9.17, 15) is 4.79 Å². The van der Waals surface area contributed by atoms with Gasteiger partial charge in [0.1, 0.15) is 5.76 Å². The van der Waals surface area contributed by atoms with E-state index in [1.165, 1.54) is 0 Å². The van der Waals surface area contributed by atoms with Gasteiger partial charge in [-0.2, -0.15) is 0 Å². The highest BCUT2D eigenvalue weighted by Crippen LogP contribution is 2.30. The summed E-state index contributed by atoms with van der Waals surface area (Å²) in [4.78, 5) is 20.1. The van der Waals surface area contributed by atoms with Gasteiger partial charge in [-0.1, -0.05) is 12.8 Å². The molecule has 3 aromatic heterocycles. The number of urea groups is 1. The van der Waals surface area contributed by atoms with Gasteiger partial charge < -0.3 is 14.6 Å². The van der Waals surface area contributed by atoms with Crippen LogP contribution in [0.2, 0.25) is 0 Å². The van der Waals surface area contributed by atoms with Crippen LogP contribution in [0.3, 0.4) is 0 Å². The molecule has 7 heteroatoms. The monoisotopic (exact) mass is 344 g/mol. The van der Waals surface area contributed by atoms with Gasteiger partial charge >= 0.3 is 6.03 Å². The van der Waals surface area contributed by atoms with Gasteiger partial charge in [0.2, 0.25) is 0 Å². The Hall–Kier alpha value is -2.28. The second kappa shape index (κ2) is 6.68. The molecule has 4 heterocycles. The van der Waals surface area contributed by atoms with E-state index in [0.29, 0.717) is 6.54 Å². The number of furan rings is 1. The molecule has 24 heavy (non-hydrogen) atoms. The highest BCUT2D eigenvalue weighted by Gasteiger charge is 2.28. The molecule has 1 atom stereocenters. The van der Waals surface area contributed by atoms with Crippen molar-refractivity contribution in [2.75, 3.05) is 6.54 Å². The largest absolute Gasteiger partial charge is 0.467 e. The van der Waals surface area contributed by atoms with Gasteiger partial charge in [-0.15, -0.1) is 11.3 Å². The zero-order chi connectivity index (χ0) is 16.4. The lowest BCUT2D eigenvalue weighted by Crippen LogP contribution is -2.41. The van der Waals surface area contributed by atoms with Crippen molar-refractivity contribution in [1.82, 2.24) is 19.6 Å². The van der Waals surface area contributed by atoms with Crippen LogP contribution >= 0.6 is 11.3 Å². The van der Waals surface area contributed by atoms with Crippen molar-refractivity contribution < 1.29 is 9.21 Å². The molecule has 0 aromatic carbocycles. The Kier molecular flexibility index (Phi) is 4.25. The van der Waals surface area contributed by atoms with Gasteiger partial charge in [0, 0.05) is 24.3 Å². The lowest BCUT2D eigenvalue weighted by atomic mass is 10.1. The molecule has 0 spiro atoms. The van der Waals surface area contributed by atoms with Gasteiger partial charge in [0.05, 0.1) is 24.5 Å². The van der Waals surface area contributed by atoms with Crippen molar-refractivity contribution in [3.05, 3.63) is 47.6 Å². The number of carbonyl (C=O) groups is 1. The molecule has 126 valence electrons. The molecule has 1 saturated heterocycles. The van der Waals surface area contributed by atoms with Gasteiger partial charge in [-0.3, -0.25) is 4.40 Å². The topological polar surface area (TPSA) is 62.8 Å². The van der Waals surface area contributed by atoms with Crippen molar-refractivity contribution in [2.45, 2.75) is 38.3 Å². The fraction of sp³-hybridized carbons (Fsp3) is 0.412. The summed E-state index contributed by atoms with van der Waals surface area (Å²) in [7, 11) is 0. The van der Waals surface area contributed by atoms with Gasteiger partial charge in [0.25, 0.3) is 0 Å². The molecule has 1 aliphatic heterocycles. The van der Waals surface area contributed by atoms with Crippen LogP contribution in [0, 0.1) is 0 Å². The number of amides is 2. The number of carbonyl (C=O) groups excluding carboxylic acids is 1. The summed E-state index contributed by atoms with van der Waals surface area (Å²) in [5.74, 6) is 0.870. The molecule has 4 rings (SSSR count). The molecular weight excluding hydrogens is 324 g/mol. The van der Waals surface area contributed by atoms with Crippen molar-refractivity contribution in [2.24, 2.45) is 0 Å². The zero-order valence-electron chi connectivity index (χ0n) is 13.4. The fourth-order valence-electron chi connectivity index (χ4n) is 3.26. The number of imidazole rings is 1. The molecule has 6 nitrogen and oxygen atoms in total. The molecule has 2 amide bonds. The first-order valence-electron chi connectivity index (χ1n) is 8.30. The average Bonchev–Trinajstić information content (AvgIpc) is 3.27. The van der Waals surface area contributed by atoms with E-state index in [2.05, 4.69) is 10.3 Å². The van der Waals surface area contributed by atoms with Crippen LogP contribution in [0.5, 0.6) is 0 Å². The van der Waals surface area contributed by atoms with Crippen molar-refractivity contribution in [3.63, 3.8) is 0 Å². The summed E-state index contributed by atoms with van der Waals surface area (Å²) in [6.45, 7) is 1.20. The summed E-state index contributed by atoms with van der Waals surface area (Å²) >= 11 is 1.59. The number of hydrogen-bond acceptors (Lipinski definition) is 4. The van der Waals surface area contributed by atoms with E-state index in [4.69, 9.17) is 4.42 Å². The molecule has 1 aliphatic rings. The second-order valence-corrected chi connectivity index (χ2v) is 6.93. The maximum absolute atomic E-state index is 12.7. The van der Waals surface area contributed by atoms with Crippen LogP contribution in [0.15, 0.2) is 40.6 Å². The summed E-state index contributed by atoms with van der Waals surface area (Å²) in [6, 6.07) is 3.82. The molecule has 0 radical (unpaired) electrons. The van der Waals surface area contributed by atoms with E-state index >= 15 is 0 Å². The first-order valence-corrected chi connectivity index (χ1v) is 9.18. The quantitative estimate of drug-likeness (QED) is 0.786. The average molecular weight is 344 g/mol. The number of likely N-dealkylation sites (tertiary alicyclic amines) is 1. The second-order valence-electron chi connectivity index (χ2n) is 6.06. The van der Waals surface area contributed by atoms with Crippen LogP contribution in [-0.2, 0) is 6.54 Å². The maximum atomic E-state index is 12.7. The number of nitrogens with zero attached hydrogens (tertiary/aromatic N) is 3. The summed E-state index contributed by atoms with van der Waals surface area (Å²) in [6.07, 6.45) is 9.85. The summed E-state index contributed by atoms with van der Waals surface area (Å²) in [5, 5.41) is 5.01. The maximum Gasteiger partial charge on any atom is 0.318 e. The van der Waals surface area contributed by atoms with Crippen LogP contribution < -0.4 is 5.32 Å². The third-order valence-electron chi connectivity index (χ3n) is 4.45. The zero-order valence-corrected chi connectivity index (χ0v) is 14.2. The first kappa shape index (κ1) is 15.3. The van der Waals surface area contributed by atoms with Crippen LogP contribution in [0.1, 0.15) is 43.2 Å². The molecule has 1 fully saturated rings. The van der Waals surface area contributed by atoms with Gasteiger partial charge in [-0.25, -0.2) is 9.78 Å². The minimum absolute atomic E-state index is 0.0213. The minimum Gasteiger partial charge on any atom is -0.467 e. The lowest BCUT2D eigenvalue weighted by molar-refractivity contribution is 0.166. The Morgan fingerprint density at radius 3 is 3.21 bits per heavy atom. The van der Waals surface area contributed by atoms with Crippen molar-refractivity contribution in [1.29, 1.82) is 0 Å². The third-order valence-corrected chi connectivity index (χ3v) is 5.22. The molecule has 1 N–H and O–H groups in total. The number of thiazole rings is 1. The predicted molar refractivity (Wildman–Crippen MR) is 91.9 cm³/mol. The predicted octanol–water partition coefficient (Wildman–Crippen LogP) is 3.82. The van der Waals surface area contributed by atoms with E-state index in [1.807, 2.05) is 39.2 Å². The van der Waals surface area contributed by atoms with E-state index < -0.39 is 0 Å².